The van der Waals surface area contributed by atoms with Crippen molar-refractivity contribution >= 4 is 11.8 Å². The van der Waals surface area contributed by atoms with E-state index in [9.17, 15) is 0 Å². The van der Waals surface area contributed by atoms with E-state index in [1.807, 2.05) is 0 Å². The maximum absolute atomic E-state index is 3.75. The molecule has 0 radical (unpaired) electrons. The molecule has 0 aromatic heterocycles. The van der Waals surface area contributed by atoms with Crippen molar-refractivity contribution in [2.75, 3.05) is 25.9 Å². The van der Waals surface area contributed by atoms with Crippen molar-refractivity contribution in [1.29, 1.82) is 0 Å². The molecule has 106 valence electrons. The van der Waals surface area contributed by atoms with Gasteiger partial charge in [0.15, 0.2) is 0 Å². The van der Waals surface area contributed by atoms with Gasteiger partial charge in [-0.25, -0.2) is 0 Å². The second-order valence-corrected chi connectivity index (χ2v) is 7.48. The number of rotatable bonds is 4. The zero-order valence-electron chi connectivity index (χ0n) is 12.3. The van der Waals surface area contributed by atoms with Crippen molar-refractivity contribution in [3.05, 3.63) is 0 Å². The van der Waals surface area contributed by atoms with Gasteiger partial charge in [0.05, 0.1) is 0 Å². The number of thioether (sulfide) groups is 1. The highest BCUT2D eigenvalue weighted by atomic mass is 32.2. The first-order chi connectivity index (χ1) is 8.70. The maximum atomic E-state index is 3.75. The Morgan fingerprint density at radius 2 is 2.11 bits per heavy atom. The summed E-state index contributed by atoms with van der Waals surface area (Å²) in [6.07, 6.45) is 9.25. The van der Waals surface area contributed by atoms with Gasteiger partial charge in [0.1, 0.15) is 0 Å². The molecule has 1 aliphatic heterocycles. The van der Waals surface area contributed by atoms with Gasteiger partial charge in [0.25, 0.3) is 0 Å². The van der Waals surface area contributed by atoms with Gasteiger partial charge in [-0.3, -0.25) is 4.90 Å². The highest BCUT2D eigenvalue weighted by Crippen LogP contribution is 2.32. The number of nitrogens with zero attached hydrogens (tertiary/aromatic N) is 1. The van der Waals surface area contributed by atoms with Gasteiger partial charge in [0, 0.05) is 23.9 Å². The van der Waals surface area contributed by atoms with Crippen LogP contribution in [0.1, 0.15) is 46.0 Å². The molecule has 0 aromatic carbocycles. The molecule has 2 aliphatic rings. The molecule has 3 heteroatoms. The summed E-state index contributed by atoms with van der Waals surface area (Å²) >= 11 is 2.09. The standard InChI is InChI=1S/C15H30N2S/c1-12(2)10-13-11-17(9-5-8-16-13)14-6-4-7-15(14)18-3/h12-16H,4-11H2,1-3H3. The molecule has 1 saturated heterocycles. The average molecular weight is 270 g/mol. The molecule has 3 unspecified atom stereocenters. The summed E-state index contributed by atoms with van der Waals surface area (Å²) in [5.41, 5.74) is 0. The van der Waals surface area contributed by atoms with Crippen LogP contribution in [-0.2, 0) is 0 Å². The van der Waals surface area contributed by atoms with Crippen molar-refractivity contribution in [2.45, 2.75) is 63.3 Å². The zero-order valence-corrected chi connectivity index (χ0v) is 13.1. The quantitative estimate of drug-likeness (QED) is 0.845. The van der Waals surface area contributed by atoms with E-state index in [0.29, 0.717) is 0 Å². The van der Waals surface area contributed by atoms with Crippen LogP contribution in [0.4, 0.5) is 0 Å². The monoisotopic (exact) mass is 270 g/mol. The summed E-state index contributed by atoms with van der Waals surface area (Å²) in [6, 6.07) is 1.57. The third kappa shape index (κ3) is 3.88. The molecule has 3 atom stereocenters. The SMILES string of the molecule is CSC1CCCC1N1CCCNC(CC(C)C)C1. The summed E-state index contributed by atoms with van der Waals surface area (Å²) in [4.78, 5) is 2.81. The third-order valence-electron chi connectivity index (χ3n) is 4.46. The van der Waals surface area contributed by atoms with E-state index in [0.717, 1.165) is 23.3 Å². The largest absolute Gasteiger partial charge is 0.313 e. The topological polar surface area (TPSA) is 15.3 Å². The Hall–Kier alpha value is 0.270. The van der Waals surface area contributed by atoms with Crippen molar-refractivity contribution in [3.63, 3.8) is 0 Å². The van der Waals surface area contributed by atoms with Crippen molar-refractivity contribution in [2.24, 2.45) is 5.92 Å². The Bertz CT molecular complexity index is 245. The number of nitrogens with one attached hydrogen (secondary N) is 1. The fourth-order valence-electron chi connectivity index (χ4n) is 3.65. The number of hydrogen-bond acceptors (Lipinski definition) is 3. The Kier molecular flexibility index (Phi) is 5.84. The van der Waals surface area contributed by atoms with E-state index >= 15 is 0 Å². The fraction of sp³-hybridized carbons (Fsp3) is 1.00. The van der Waals surface area contributed by atoms with Crippen LogP contribution in [0.25, 0.3) is 0 Å². The fourth-order valence-corrected chi connectivity index (χ4v) is 4.68. The molecule has 18 heavy (non-hydrogen) atoms. The summed E-state index contributed by atoms with van der Waals surface area (Å²) in [7, 11) is 0. The minimum absolute atomic E-state index is 0.718. The summed E-state index contributed by atoms with van der Waals surface area (Å²) in [6.45, 7) is 8.49. The van der Waals surface area contributed by atoms with Crippen LogP contribution in [0.5, 0.6) is 0 Å². The van der Waals surface area contributed by atoms with Crippen LogP contribution < -0.4 is 5.32 Å². The molecule has 1 aliphatic carbocycles. The Balaban J connectivity index is 1.93. The van der Waals surface area contributed by atoms with E-state index in [2.05, 4.69) is 42.1 Å². The Labute approximate surface area is 117 Å². The predicted octanol–water partition coefficient (Wildman–Crippen LogP) is 2.98. The molecule has 2 nitrogen and oxygen atoms in total. The van der Waals surface area contributed by atoms with E-state index in [1.54, 1.807) is 0 Å². The van der Waals surface area contributed by atoms with Crippen molar-refractivity contribution < 1.29 is 0 Å². The van der Waals surface area contributed by atoms with E-state index in [1.165, 1.54) is 51.7 Å². The van der Waals surface area contributed by atoms with Crippen LogP contribution in [0.3, 0.4) is 0 Å². The van der Waals surface area contributed by atoms with Gasteiger partial charge in [-0.2, -0.15) is 11.8 Å². The van der Waals surface area contributed by atoms with E-state index < -0.39 is 0 Å². The van der Waals surface area contributed by atoms with Gasteiger partial charge in [-0.1, -0.05) is 20.3 Å². The van der Waals surface area contributed by atoms with Gasteiger partial charge >= 0.3 is 0 Å². The normalized spacial score (nSPS) is 35.0. The third-order valence-corrected chi connectivity index (χ3v) is 5.61. The molecular weight excluding hydrogens is 240 g/mol. The Morgan fingerprint density at radius 1 is 1.28 bits per heavy atom. The van der Waals surface area contributed by atoms with Crippen molar-refractivity contribution in [1.82, 2.24) is 10.2 Å². The molecule has 0 spiro atoms. The molecule has 1 N–H and O–H groups in total. The van der Waals surface area contributed by atoms with Crippen LogP contribution in [-0.4, -0.2) is 48.1 Å². The summed E-state index contributed by atoms with van der Waals surface area (Å²) < 4.78 is 0. The van der Waals surface area contributed by atoms with Gasteiger partial charge in [0.2, 0.25) is 0 Å². The lowest BCUT2D eigenvalue weighted by Gasteiger charge is -2.33. The minimum atomic E-state index is 0.718. The van der Waals surface area contributed by atoms with Gasteiger partial charge < -0.3 is 5.32 Å². The smallest absolute Gasteiger partial charge is 0.0215 e. The second kappa shape index (κ2) is 7.16. The lowest BCUT2D eigenvalue weighted by molar-refractivity contribution is 0.192. The van der Waals surface area contributed by atoms with Crippen LogP contribution in [0, 0.1) is 5.92 Å². The number of hydrogen-bond donors (Lipinski definition) is 1. The van der Waals surface area contributed by atoms with E-state index in [-0.39, 0.29) is 0 Å². The summed E-state index contributed by atoms with van der Waals surface area (Å²) in [5, 5.41) is 4.64. The second-order valence-electron chi connectivity index (χ2n) is 6.40. The van der Waals surface area contributed by atoms with Crippen LogP contribution in [0.15, 0.2) is 0 Å². The van der Waals surface area contributed by atoms with Crippen LogP contribution in [0.2, 0.25) is 0 Å². The highest BCUT2D eigenvalue weighted by Gasteiger charge is 2.33. The first-order valence-corrected chi connectivity index (χ1v) is 8.99. The molecule has 0 bridgehead atoms. The van der Waals surface area contributed by atoms with Crippen molar-refractivity contribution in [3.8, 4) is 0 Å². The molecule has 2 fully saturated rings. The van der Waals surface area contributed by atoms with Gasteiger partial charge in [-0.15, -0.1) is 0 Å². The zero-order chi connectivity index (χ0) is 13.0. The van der Waals surface area contributed by atoms with Gasteiger partial charge in [-0.05, 0) is 50.9 Å². The first kappa shape index (κ1) is 14.7. The molecule has 1 saturated carbocycles. The minimum Gasteiger partial charge on any atom is -0.313 e. The average Bonchev–Trinajstić information content (AvgIpc) is 2.69. The van der Waals surface area contributed by atoms with E-state index in [4.69, 9.17) is 0 Å². The summed E-state index contributed by atoms with van der Waals surface area (Å²) in [5.74, 6) is 0.808. The maximum Gasteiger partial charge on any atom is 0.0215 e. The Morgan fingerprint density at radius 3 is 2.83 bits per heavy atom. The molecular formula is C15H30N2S. The van der Waals surface area contributed by atoms with Crippen LogP contribution >= 0.6 is 11.8 Å². The lowest BCUT2D eigenvalue weighted by atomic mass is 10.0. The highest BCUT2D eigenvalue weighted by molar-refractivity contribution is 7.99. The molecule has 0 aromatic rings. The predicted molar refractivity (Wildman–Crippen MR) is 82.4 cm³/mol. The lowest BCUT2D eigenvalue weighted by Crippen LogP contribution is -2.45. The molecule has 2 rings (SSSR count). The molecule has 0 amide bonds. The molecule has 1 heterocycles. The first-order valence-electron chi connectivity index (χ1n) is 7.71.